The fourth-order valence-electron chi connectivity index (χ4n) is 2.50. The Morgan fingerprint density at radius 3 is 2.27 bits per heavy atom. The molecule has 2 heterocycles. The summed E-state index contributed by atoms with van der Waals surface area (Å²) in [7, 11) is 1.12. The minimum absolute atomic E-state index is 0.239. The highest BCUT2D eigenvalue weighted by molar-refractivity contribution is 4.90. The predicted octanol–water partition coefficient (Wildman–Crippen LogP) is -4.18. The average Bonchev–Trinajstić information content (AvgIpc) is 2.60. The SMILES string of the molecule is C/[N+]([O-])=N\COC1OC(COC2OCC(O)C(O)C2O)C(O)C(O)C1O. The van der Waals surface area contributed by atoms with Gasteiger partial charge in [0.2, 0.25) is 6.73 Å². The second kappa shape index (κ2) is 9.27. The third kappa shape index (κ3) is 5.04. The van der Waals surface area contributed by atoms with Crippen molar-refractivity contribution in [2.45, 2.75) is 55.3 Å². The topological polar surface area (TPSA) is 197 Å². The molecule has 0 bridgehead atoms. The van der Waals surface area contributed by atoms with Crippen LogP contribution in [0.15, 0.2) is 5.11 Å². The minimum Gasteiger partial charge on any atom is -0.600 e. The lowest BCUT2D eigenvalue weighted by atomic mass is 9.99. The van der Waals surface area contributed by atoms with E-state index in [-0.39, 0.29) is 11.5 Å². The molecule has 2 aliphatic rings. The third-order valence-corrected chi connectivity index (χ3v) is 4.04. The number of aliphatic hydroxyl groups excluding tert-OH is 6. The Bertz CT molecular complexity index is 477. The van der Waals surface area contributed by atoms with Crippen LogP contribution in [0.5, 0.6) is 0 Å². The summed E-state index contributed by atoms with van der Waals surface area (Å²) in [6.07, 6.45) is -12.9. The molecule has 2 saturated heterocycles. The Labute approximate surface area is 148 Å². The number of rotatable bonds is 6. The van der Waals surface area contributed by atoms with E-state index in [9.17, 15) is 35.8 Å². The summed E-state index contributed by atoms with van der Waals surface area (Å²) in [6.45, 7) is -1.12. The lowest BCUT2D eigenvalue weighted by molar-refractivity contribution is -0.505. The standard InChI is InChI=1S/C13H24N2O11/c1-15(22)14-4-25-13-11(21)9(19)8(18)6(26-13)3-24-12-10(20)7(17)5(16)2-23-12/h5-13,16-21H,2-4H2,1H3/b15-14+. The van der Waals surface area contributed by atoms with Gasteiger partial charge >= 0.3 is 0 Å². The van der Waals surface area contributed by atoms with E-state index in [1.807, 2.05) is 0 Å². The van der Waals surface area contributed by atoms with Gasteiger partial charge in [-0.3, -0.25) is 0 Å². The van der Waals surface area contributed by atoms with Crippen LogP contribution in [0, 0.1) is 5.21 Å². The van der Waals surface area contributed by atoms with E-state index in [0.717, 1.165) is 7.05 Å². The molecule has 2 fully saturated rings. The van der Waals surface area contributed by atoms with Gasteiger partial charge in [-0.25, -0.2) is 0 Å². The highest BCUT2D eigenvalue weighted by Gasteiger charge is 2.45. The molecule has 0 aromatic heterocycles. The molecule has 0 aromatic carbocycles. The summed E-state index contributed by atoms with van der Waals surface area (Å²) in [6, 6.07) is 0. The maximum Gasteiger partial charge on any atom is 0.203 e. The van der Waals surface area contributed by atoms with E-state index in [4.69, 9.17) is 18.9 Å². The Morgan fingerprint density at radius 1 is 0.962 bits per heavy atom. The molecule has 2 aliphatic heterocycles. The number of azo groups is 1. The second-order valence-electron chi connectivity index (χ2n) is 6.00. The molecular formula is C13H24N2O11. The maximum atomic E-state index is 10.7. The molecule has 2 rings (SSSR count). The van der Waals surface area contributed by atoms with Gasteiger partial charge < -0.3 is 54.8 Å². The maximum absolute atomic E-state index is 10.7. The van der Waals surface area contributed by atoms with Crippen molar-refractivity contribution < 1.29 is 54.4 Å². The van der Waals surface area contributed by atoms with Gasteiger partial charge in [0.15, 0.2) is 19.6 Å². The molecule has 152 valence electrons. The van der Waals surface area contributed by atoms with Gasteiger partial charge in [0.25, 0.3) is 0 Å². The minimum atomic E-state index is -1.63. The van der Waals surface area contributed by atoms with E-state index < -0.39 is 68.6 Å². The Kier molecular flexibility index (Phi) is 7.60. The van der Waals surface area contributed by atoms with Gasteiger partial charge in [-0.2, -0.15) is 0 Å². The molecule has 0 saturated carbocycles. The number of hydroxylamine groups is 1. The Morgan fingerprint density at radius 2 is 1.62 bits per heavy atom. The zero-order valence-electron chi connectivity index (χ0n) is 13.9. The predicted molar refractivity (Wildman–Crippen MR) is 78.3 cm³/mol. The molecule has 0 aliphatic carbocycles. The highest BCUT2D eigenvalue weighted by atomic mass is 16.7. The van der Waals surface area contributed by atoms with E-state index in [2.05, 4.69) is 5.11 Å². The summed E-state index contributed by atoms with van der Waals surface area (Å²) >= 11 is 0. The van der Waals surface area contributed by atoms with Crippen molar-refractivity contribution in [2.75, 3.05) is 27.0 Å². The van der Waals surface area contributed by atoms with Gasteiger partial charge in [0.05, 0.1) is 13.2 Å². The average molecular weight is 384 g/mol. The molecule has 0 aromatic rings. The van der Waals surface area contributed by atoms with Crippen LogP contribution in [0.4, 0.5) is 0 Å². The van der Waals surface area contributed by atoms with Crippen molar-refractivity contribution >= 4 is 0 Å². The first-order valence-corrected chi connectivity index (χ1v) is 7.89. The molecule has 13 heteroatoms. The van der Waals surface area contributed by atoms with Crippen molar-refractivity contribution in [2.24, 2.45) is 5.11 Å². The van der Waals surface area contributed by atoms with Gasteiger partial charge in [0.1, 0.15) is 42.7 Å². The first-order chi connectivity index (χ1) is 12.2. The van der Waals surface area contributed by atoms with Gasteiger partial charge in [0, 0.05) is 0 Å². The Balaban J connectivity index is 1.91. The fourth-order valence-corrected chi connectivity index (χ4v) is 2.50. The number of hydrogen-bond donors (Lipinski definition) is 6. The molecule has 9 unspecified atom stereocenters. The lowest BCUT2D eigenvalue weighted by Crippen LogP contribution is -2.60. The molecule has 0 amide bonds. The molecule has 26 heavy (non-hydrogen) atoms. The van der Waals surface area contributed by atoms with Crippen molar-refractivity contribution in [3.8, 4) is 0 Å². The van der Waals surface area contributed by atoms with Crippen LogP contribution in [-0.2, 0) is 18.9 Å². The number of aliphatic hydroxyl groups is 6. The monoisotopic (exact) mass is 384 g/mol. The fraction of sp³-hybridized carbons (Fsp3) is 1.00. The second-order valence-corrected chi connectivity index (χ2v) is 6.00. The summed E-state index contributed by atoms with van der Waals surface area (Å²) in [5.41, 5.74) is 0. The van der Waals surface area contributed by atoms with E-state index >= 15 is 0 Å². The largest absolute Gasteiger partial charge is 0.600 e. The van der Waals surface area contributed by atoms with Crippen LogP contribution >= 0.6 is 0 Å². The summed E-state index contributed by atoms with van der Waals surface area (Å²) < 4.78 is 20.6. The normalized spacial score (nSPS) is 44.9. The van der Waals surface area contributed by atoms with E-state index in [1.165, 1.54) is 0 Å². The van der Waals surface area contributed by atoms with E-state index in [1.54, 1.807) is 0 Å². The van der Waals surface area contributed by atoms with Crippen molar-refractivity contribution in [3.63, 3.8) is 0 Å². The van der Waals surface area contributed by atoms with Crippen molar-refractivity contribution in [3.05, 3.63) is 5.21 Å². The molecule has 0 radical (unpaired) electrons. The summed E-state index contributed by atoms with van der Waals surface area (Å²) in [4.78, 5) is 0.239. The zero-order valence-corrected chi connectivity index (χ0v) is 13.9. The van der Waals surface area contributed by atoms with Crippen LogP contribution in [-0.4, -0.2) is 118 Å². The first-order valence-electron chi connectivity index (χ1n) is 7.89. The first kappa shape index (κ1) is 21.3. The van der Waals surface area contributed by atoms with Crippen LogP contribution in [0.3, 0.4) is 0 Å². The van der Waals surface area contributed by atoms with Crippen molar-refractivity contribution in [1.82, 2.24) is 0 Å². The molecule has 13 nitrogen and oxygen atoms in total. The lowest BCUT2D eigenvalue weighted by Gasteiger charge is -2.41. The number of hydrogen-bond acceptors (Lipinski definition) is 12. The van der Waals surface area contributed by atoms with Crippen molar-refractivity contribution in [1.29, 1.82) is 0 Å². The van der Waals surface area contributed by atoms with Crippen LogP contribution in [0.1, 0.15) is 0 Å². The zero-order chi connectivity index (χ0) is 19.4. The van der Waals surface area contributed by atoms with Gasteiger partial charge in [-0.1, -0.05) is 4.86 Å². The number of nitrogens with zero attached hydrogens (tertiary/aromatic N) is 2. The highest BCUT2D eigenvalue weighted by Crippen LogP contribution is 2.24. The molecular weight excluding hydrogens is 360 g/mol. The number of ether oxygens (including phenoxy) is 4. The Hall–Kier alpha value is -1.00. The van der Waals surface area contributed by atoms with Crippen LogP contribution < -0.4 is 0 Å². The van der Waals surface area contributed by atoms with E-state index in [0.29, 0.717) is 0 Å². The van der Waals surface area contributed by atoms with Gasteiger partial charge in [-0.15, -0.1) is 0 Å². The molecule has 6 N–H and O–H groups in total. The van der Waals surface area contributed by atoms with Crippen LogP contribution in [0.2, 0.25) is 0 Å². The molecule has 0 spiro atoms. The van der Waals surface area contributed by atoms with Gasteiger partial charge in [-0.05, 0) is 5.11 Å². The smallest absolute Gasteiger partial charge is 0.203 e. The quantitative estimate of drug-likeness (QED) is 0.148. The third-order valence-electron chi connectivity index (χ3n) is 4.04. The molecule has 9 atom stereocenters. The summed E-state index contributed by atoms with van der Waals surface area (Å²) in [5.74, 6) is 0. The van der Waals surface area contributed by atoms with Crippen LogP contribution in [0.25, 0.3) is 0 Å². The summed E-state index contributed by atoms with van der Waals surface area (Å²) in [5, 5.41) is 72.5.